The van der Waals surface area contributed by atoms with Crippen LogP contribution in [0.1, 0.15) is 19.0 Å². The summed E-state index contributed by atoms with van der Waals surface area (Å²) < 4.78 is 3.10. The van der Waals surface area contributed by atoms with Crippen molar-refractivity contribution >= 4 is 21.7 Å². The monoisotopic (exact) mass is 273 g/mol. The van der Waals surface area contributed by atoms with E-state index in [4.69, 9.17) is 5.11 Å². The molecule has 0 aliphatic carbocycles. The molecule has 0 fully saturated rings. The highest BCUT2D eigenvalue weighted by atomic mass is 79.9. The summed E-state index contributed by atoms with van der Waals surface area (Å²) in [5, 5.41) is 16.8. The molecule has 0 aromatic carbocycles. The molecule has 0 bridgehead atoms. The molecule has 0 saturated heterocycles. The van der Waals surface area contributed by atoms with Crippen LogP contribution in [-0.4, -0.2) is 28.0 Å². The molecule has 5 heteroatoms. The topological polar surface area (TPSA) is 50.1 Å². The molecule has 2 N–H and O–H groups in total. The van der Waals surface area contributed by atoms with Gasteiger partial charge in [-0.3, -0.25) is 0 Å². The van der Waals surface area contributed by atoms with E-state index in [0.29, 0.717) is 5.92 Å². The van der Waals surface area contributed by atoms with Gasteiger partial charge in [0.2, 0.25) is 0 Å². The lowest BCUT2D eigenvalue weighted by Crippen LogP contribution is -2.28. The Balaban J connectivity index is 2.19. The Morgan fingerprint density at radius 1 is 1.67 bits per heavy atom. The largest absolute Gasteiger partial charge is 0.396 e. The molecule has 0 radical (unpaired) electrons. The molecule has 0 amide bonds. The summed E-state index contributed by atoms with van der Waals surface area (Å²) in [4.78, 5) is 0. The van der Waals surface area contributed by atoms with Crippen molar-refractivity contribution in [2.24, 2.45) is 5.92 Å². The van der Waals surface area contributed by atoms with Crippen LogP contribution in [0.5, 0.6) is 0 Å². The number of anilines is 1. The Hall–Kier alpha value is -0.550. The van der Waals surface area contributed by atoms with Crippen LogP contribution in [-0.2, 0) is 13.0 Å². The SMILES string of the molecule is CCc1nn2c(c1Br)NCC(CCO)C2. The van der Waals surface area contributed by atoms with Gasteiger partial charge in [0.15, 0.2) is 0 Å². The minimum Gasteiger partial charge on any atom is -0.396 e. The molecule has 2 rings (SSSR count). The van der Waals surface area contributed by atoms with Gasteiger partial charge in [-0.15, -0.1) is 0 Å². The zero-order valence-corrected chi connectivity index (χ0v) is 10.4. The lowest BCUT2D eigenvalue weighted by molar-refractivity contribution is 0.244. The molecule has 84 valence electrons. The van der Waals surface area contributed by atoms with Crippen molar-refractivity contribution in [2.45, 2.75) is 26.3 Å². The van der Waals surface area contributed by atoms with Crippen LogP contribution >= 0.6 is 15.9 Å². The van der Waals surface area contributed by atoms with E-state index < -0.39 is 0 Å². The minimum atomic E-state index is 0.255. The number of aromatic nitrogens is 2. The number of hydrogen-bond donors (Lipinski definition) is 2. The smallest absolute Gasteiger partial charge is 0.139 e. The van der Waals surface area contributed by atoms with Crippen molar-refractivity contribution in [3.8, 4) is 0 Å². The number of halogens is 1. The van der Waals surface area contributed by atoms with Crippen LogP contribution in [0.3, 0.4) is 0 Å². The van der Waals surface area contributed by atoms with Crippen molar-refractivity contribution in [3.63, 3.8) is 0 Å². The summed E-state index contributed by atoms with van der Waals surface area (Å²) in [5.74, 6) is 1.57. The highest BCUT2D eigenvalue weighted by Crippen LogP contribution is 2.30. The lowest BCUT2D eigenvalue weighted by atomic mass is 10.1. The second-order valence-corrected chi connectivity index (χ2v) is 4.70. The van der Waals surface area contributed by atoms with Crippen molar-refractivity contribution in [3.05, 3.63) is 10.2 Å². The van der Waals surface area contributed by atoms with Crippen molar-refractivity contribution in [1.82, 2.24) is 9.78 Å². The first-order chi connectivity index (χ1) is 7.26. The van der Waals surface area contributed by atoms with Crippen molar-refractivity contribution < 1.29 is 5.11 Å². The highest BCUT2D eigenvalue weighted by Gasteiger charge is 2.22. The maximum atomic E-state index is 8.91. The quantitative estimate of drug-likeness (QED) is 0.880. The molecule has 4 nitrogen and oxygen atoms in total. The fourth-order valence-corrected chi connectivity index (χ4v) is 2.65. The second kappa shape index (κ2) is 4.53. The highest BCUT2D eigenvalue weighted by molar-refractivity contribution is 9.10. The summed E-state index contributed by atoms with van der Waals surface area (Å²) in [6, 6.07) is 0. The zero-order chi connectivity index (χ0) is 10.8. The summed E-state index contributed by atoms with van der Waals surface area (Å²) in [5.41, 5.74) is 1.10. The fourth-order valence-electron chi connectivity index (χ4n) is 1.94. The number of fused-ring (bicyclic) bond motifs is 1. The molecule has 1 aromatic heterocycles. The Morgan fingerprint density at radius 2 is 2.47 bits per heavy atom. The van der Waals surface area contributed by atoms with Gasteiger partial charge in [0.05, 0.1) is 10.2 Å². The first kappa shape index (κ1) is 11.0. The molecule has 0 saturated carbocycles. The van der Waals surface area contributed by atoms with Gasteiger partial charge in [-0.2, -0.15) is 5.10 Å². The second-order valence-electron chi connectivity index (χ2n) is 3.90. The van der Waals surface area contributed by atoms with Crippen molar-refractivity contribution in [1.29, 1.82) is 0 Å². The number of rotatable bonds is 3. The fraction of sp³-hybridized carbons (Fsp3) is 0.700. The van der Waals surface area contributed by atoms with Gasteiger partial charge in [0.25, 0.3) is 0 Å². The number of hydrogen-bond acceptors (Lipinski definition) is 3. The van der Waals surface area contributed by atoms with Crippen LogP contribution in [0.25, 0.3) is 0 Å². The molecular formula is C10H16BrN3O. The van der Waals surface area contributed by atoms with Gasteiger partial charge in [0, 0.05) is 19.7 Å². The van der Waals surface area contributed by atoms with E-state index in [1.54, 1.807) is 0 Å². The van der Waals surface area contributed by atoms with Gasteiger partial charge in [-0.05, 0) is 34.7 Å². The van der Waals surface area contributed by atoms with Gasteiger partial charge in [-0.1, -0.05) is 6.92 Å². The maximum Gasteiger partial charge on any atom is 0.139 e. The first-order valence-corrected chi connectivity index (χ1v) is 6.15. The van der Waals surface area contributed by atoms with Crippen LogP contribution < -0.4 is 5.32 Å². The molecule has 1 aliphatic rings. The minimum absolute atomic E-state index is 0.255. The average Bonchev–Trinajstić information content (AvgIpc) is 2.56. The third kappa shape index (κ3) is 2.03. The van der Waals surface area contributed by atoms with E-state index in [2.05, 4.69) is 33.3 Å². The number of aliphatic hydroxyl groups is 1. The first-order valence-electron chi connectivity index (χ1n) is 5.36. The maximum absolute atomic E-state index is 8.91. The van der Waals surface area contributed by atoms with E-state index in [1.165, 1.54) is 0 Å². The Labute approximate surface area is 97.8 Å². The molecule has 15 heavy (non-hydrogen) atoms. The number of nitrogens with zero attached hydrogens (tertiary/aromatic N) is 2. The van der Waals surface area contributed by atoms with Crippen LogP contribution in [0.2, 0.25) is 0 Å². The van der Waals surface area contributed by atoms with Crippen LogP contribution in [0, 0.1) is 5.92 Å². The van der Waals surface area contributed by atoms with Gasteiger partial charge in [-0.25, -0.2) is 4.68 Å². The van der Waals surface area contributed by atoms with Gasteiger partial charge in [0.1, 0.15) is 5.82 Å². The molecule has 1 aliphatic heterocycles. The Bertz CT molecular complexity index is 351. The van der Waals surface area contributed by atoms with Crippen LogP contribution in [0.4, 0.5) is 5.82 Å². The van der Waals surface area contributed by atoms with Gasteiger partial charge < -0.3 is 10.4 Å². The average molecular weight is 274 g/mol. The molecule has 1 aromatic rings. The van der Waals surface area contributed by atoms with E-state index in [0.717, 1.165) is 41.9 Å². The lowest BCUT2D eigenvalue weighted by Gasteiger charge is -2.24. The third-order valence-corrected chi connectivity index (χ3v) is 3.66. The van der Waals surface area contributed by atoms with E-state index in [1.807, 2.05) is 4.68 Å². The van der Waals surface area contributed by atoms with Crippen LogP contribution in [0.15, 0.2) is 4.47 Å². The molecular weight excluding hydrogens is 258 g/mol. The number of aryl methyl sites for hydroxylation is 1. The zero-order valence-electron chi connectivity index (χ0n) is 8.83. The standard InChI is InChI=1S/C10H16BrN3O/c1-2-8-9(11)10-12-5-7(3-4-15)6-14(10)13-8/h7,12,15H,2-6H2,1H3. The Kier molecular flexibility index (Phi) is 3.31. The van der Waals surface area contributed by atoms with E-state index in [9.17, 15) is 0 Å². The summed E-state index contributed by atoms with van der Waals surface area (Å²) in [6.45, 7) is 4.19. The van der Waals surface area contributed by atoms with Crippen molar-refractivity contribution in [2.75, 3.05) is 18.5 Å². The molecule has 0 spiro atoms. The molecule has 1 unspecified atom stereocenters. The summed E-state index contributed by atoms with van der Waals surface area (Å²) in [6.07, 6.45) is 1.78. The van der Waals surface area contributed by atoms with E-state index >= 15 is 0 Å². The summed E-state index contributed by atoms with van der Waals surface area (Å²) >= 11 is 3.56. The summed E-state index contributed by atoms with van der Waals surface area (Å²) in [7, 11) is 0. The normalized spacial score (nSPS) is 19.8. The molecule has 2 heterocycles. The van der Waals surface area contributed by atoms with Gasteiger partial charge >= 0.3 is 0 Å². The number of nitrogens with one attached hydrogen (secondary N) is 1. The third-order valence-electron chi connectivity index (χ3n) is 2.82. The van der Waals surface area contributed by atoms with E-state index in [-0.39, 0.29) is 6.61 Å². The number of aliphatic hydroxyl groups excluding tert-OH is 1. The predicted molar refractivity (Wildman–Crippen MR) is 63.0 cm³/mol. The predicted octanol–water partition coefficient (Wildman–Crippen LogP) is 1.63. The Morgan fingerprint density at radius 3 is 3.13 bits per heavy atom. The molecule has 1 atom stereocenters.